The van der Waals surface area contributed by atoms with E-state index >= 15 is 0 Å². The summed E-state index contributed by atoms with van der Waals surface area (Å²) < 4.78 is 0. The molecule has 7 N–H and O–H groups in total. The number of phenolic OH excluding ortho intramolecular Hbond substituents is 1. The van der Waals surface area contributed by atoms with Gasteiger partial charge in [-0.1, -0.05) is 41.9 Å². The molecule has 0 aliphatic heterocycles. The van der Waals surface area contributed by atoms with Gasteiger partial charge in [-0.05, 0) is 49.0 Å². The standard InChI is InChI=1S/C28H25ClN2O8/c1-31(2)21-20-23(34)17-14(10-11-6-8-12(29)9-7-11)13-4-3-5-15(32)16(13)22(33)18(17)25(36)28(20,39)26(37)19(24(21)35)27(30)38/h3-10,17,20-21,23,32-34,37,39H,1-2H3,(H2,30,38)/b14-10+/t17-,20-,21-,23+,28+/m0/s1. The van der Waals surface area contributed by atoms with Crippen molar-refractivity contribution in [3.05, 3.63) is 81.1 Å². The largest absolute Gasteiger partial charge is 0.508 e. The fourth-order valence-corrected chi connectivity index (χ4v) is 6.17. The molecule has 0 radical (unpaired) electrons. The Labute approximate surface area is 227 Å². The Kier molecular flexibility index (Phi) is 6.19. The van der Waals surface area contributed by atoms with Gasteiger partial charge in [-0.25, -0.2) is 0 Å². The molecule has 39 heavy (non-hydrogen) atoms. The molecule has 5 rings (SSSR count). The predicted molar refractivity (Wildman–Crippen MR) is 141 cm³/mol. The summed E-state index contributed by atoms with van der Waals surface area (Å²) in [6.07, 6.45) is -0.112. The zero-order valence-corrected chi connectivity index (χ0v) is 21.5. The number of fused-ring (bicyclic) bond motifs is 3. The molecule has 1 amide bonds. The van der Waals surface area contributed by atoms with E-state index in [1.54, 1.807) is 36.4 Å². The number of aliphatic hydroxyl groups excluding tert-OH is 3. The highest BCUT2D eigenvalue weighted by Gasteiger charge is 2.68. The van der Waals surface area contributed by atoms with Crippen molar-refractivity contribution in [2.45, 2.75) is 17.7 Å². The van der Waals surface area contributed by atoms with E-state index < -0.39 is 69.7 Å². The number of hydrogen-bond acceptors (Lipinski definition) is 9. The van der Waals surface area contributed by atoms with Crippen molar-refractivity contribution < 1.29 is 39.9 Å². The van der Waals surface area contributed by atoms with E-state index in [0.29, 0.717) is 21.7 Å². The number of nitrogens with two attached hydrogens (primary N) is 1. The lowest BCUT2D eigenvalue weighted by atomic mass is 9.55. The van der Waals surface area contributed by atoms with E-state index in [1.165, 1.54) is 31.1 Å². The van der Waals surface area contributed by atoms with Gasteiger partial charge in [0.1, 0.15) is 22.8 Å². The summed E-state index contributed by atoms with van der Waals surface area (Å²) in [5, 5.41) is 57.1. The number of carbonyl (C=O) groups is 3. The highest BCUT2D eigenvalue weighted by atomic mass is 35.5. The summed E-state index contributed by atoms with van der Waals surface area (Å²) in [7, 11) is 2.89. The molecule has 3 aliphatic carbocycles. The summed E-state index contributed by atoms with van der Waals surface area (Å²) in [6.45, 7) is 0. The number of hydrogen-bond donors (Lipinski definition) is 6. The third kappa shape index (κ3) is 3.64. The van der Waals surface area contributed by atoms with E-state index in [9.17, 15) is 39.9 Å². The lowest BCUT2D eigenvalue weighted by Gasteiger charge is -2.53. The summed E-state index contributed by atoms with van der Waals surface area (Å²) in [6, 6.07) is 9.58. The van der Waals surface area contributed by atoms with E-state index in [-0.39, 0.29) is 11.3 Å². The Morgan fingerprint density at radius 2 is 1.72 bits per heavy atom. The second-order valence-corrected chi connectivity index (χ2v) is 10.5. The molecule has 0 bridgehead atoms. The van der Waals surface area contributed by atoms with Gasteiger partial charge in [0.2, 0.25) is 5.78 Å². The number of Topliss-reactive ketones (excluding diaryl/α,β-unsaturated/α-hetero) is 2. The molecule has 3 aliphatic rings. The maximum atomic E-state index is 14.1. The lowest BCUT2D eigenvalue weighted by Crippen LogP contribution is -2.70. The number of ketones is 2. The van der Waals surface area contributed by atoms with Crippen molar-refractivity contribution in [1.82, 2.24) is 4.90 Å². The molecule has 1 fully saturated rings. The van der Waals surface area contributed by atoms with Crippen LogP contribution in [0.15, 0.2) is 59.4 Å². The third-order valence-electron chi connectivity index (χ3n) is 7.72. The maximum absolute atomic E-state index is 14.1. The van der Waals surface area contributed by atoms with Crippen molar-refractivity contribution >= 4 is 46.5 Å². The molecule has 11 heteroatoms. The Morgan fingerprint density at radius 1 is 1.08 bits per heavy atom. The second kappa shape index (κ2) is 9.06. The number of benzene rings is 2. The minimum atomic E-state index is -2.99. The number of rotatable bonds is 3. The zero-order valence-electron chi connectivity index (χ0n) is 20.8. The lowest BCUT2D eigenvalue weighted by molar-refractivity contribution is -0.166. The summed E-state index contributed by atoms with van der Waals surface area (Å²) in [4.78, 5) is 40.9. The molecular weight excluding hydrogens is 528 g/mol. The maximum Gasteiger partial charge on any atom is 0.255 e. The molecule has 2 aromatic rings. The van der Waals surface area contributed by atoms with Gasteiger partial charge in [0.15, 0.2) is 11.4 Å². The average Bonchev–Trinajstić information content (AvgIpc) is 2.86. The van der Waals surface area contributed by atoms with Crippen LogP contribution in [0.3, 0.4) is 0 Å². The van der Waals surface area contributed by atoms with E-state index in [1.807, 2.05) is 0 Å². The van der Waals surface area contributed by atoms with Gasteiger partial charge in [0.25, 0.3) is 5.91 Å². The second-order valence-electron chi connectivity index (χ2n) is 10.1. The van der Waals surface area contributed by atoms with E-state index in [0.717, 1.165) is 0 Å². The Morgan fingerprint density at radius 3 is 2.31 bits per heavy atom. The summed E-state index contributed by atoms with van der Waals surface area (Å²) in [5.74, 6) is -8.94. The van der Waals surface area contributed by atoms with E-state index in [4.69, 9.17) is 17.3 Å². The molecule has 0 spiro atoms. The van der Waals surface area contributed by atoms with Gasteiger partial charge >= 0.3 is 0 Å². The number of aliphatic hydroxyl groups is 4. The first-order valence-electron chi connectivity index (χ1n) is 11.9. The quantitative estimate of drug-likeness (QED) is 0.308. The number of aromatic hydroxyl groups is 1. The summed E-state index contributed by atoms with van der Waals surface area (Å²) >= 11 is 6.02. The smallest absolute Gasteiger partial charge is 0.255 e. The number of nitrogens with zero attached hydrogens (tertiary/aromatic N) is 1. The van der Waals surface area contributed by atoms with Crippen LogP contribution in [-0.4, -0.2) is 79.7 Å². The average molecular weight is 553 g/mol. The molecule has 202 valence electrons. The van der Waals surface area contributed by atoms with Crippen LogP contribution in [0.2, 0.25) is 5.02 Å². The topological polar surface area (TPSA) is 182 Å². The first-order chi connectivity index (χ1) is 18.3. The molecule has 0 unspecified atom stereocenters. The minimum Gasteiger partial charge on any atom is -0.508 e. The minimum absolute atomic E-state index is 0.124. The van der Waals surface area contributed by atoms with Gasteiger partial charge in [-0.2, -0.15) is 0 Å². The van der Waals surface area contributed by atoms with Gasteiger partial charge in [-0.15, -0.1) is 0 Å². The van der Waals surface area contributed by atoms with Crippen LogP contribution in [0.4, 0.5) is 0 Å². The van der Waals surface area contributed by atoms with Gasteiger partial charge in [0.05, 0.1) is 29.2 Å². The Balaban J connectivity index is 1.86. The van der Waals surface area contributed by atoms with Gasteiger partial charge in [-0.3, -0.25) is 19.3 Å². The number of amides is 1. The van der Waals surface area contributed by atoms with Crippen molar-refractivity contribution in [3.63, 3.8) is 0 Å². The van der Waals surface area contributed by atoms with Crippen LogP contribution < -0.4 is 5.73 Å². The molecule has 5 atom stereocenters. The van der Waals surface area contributed by atoms with Crippen molar-refractivity contribution in [1.29, 1.82) is 0 Å². The number of phenols is 1. The van der Waals surface area contributed by atoms with Crippen molar-refractivity contribution in [2.75, 3.05) is 14.1 Å². The predicted octanol–water partition coefficient (Wildman–Crippen LogP) is 1.59. The first-order valence-corrected chi connectivity index (χ1v) is 12.3. The third-order valence-corrected chi connectivity index (χ3v) is 7.97. The molecule has 0 heterocycles. The van der Waals surface area contributed by atoms with Gasteiger partial charge < -0.3 is 31.3 Å². The molecule has 0 saturated heterocycles. The van der Waals surface area contributed by atoms with Crippen LogP contribution >= 0.6 is 11.6 Å². The number of halogens is 1. The van der Waals surface area contributed by atoms with E-state index in [2.05, 4.69) is 0 Å². The van der Waals surface area contributed by atoms with Crippen LogP contribution in [0.25, 0.3) is 17.4 Å². The molecule has 1 saturated carbocycles. The monoisotopic (exact) mass is 552 g/mol. The van der Waals surface area contributed by atoms with Crippen LogP contribution in [0, 0.1) is 11.8 Å². The molecular formula is C28H25ClN2O8. The normalized spacial score (nSPS) is 29.4. The Hall–Kier alpha value is -3.96. The zero-order chi connectivity index (χ0) is 28.5. The molecule has 2 aromatic carbocycles. The fourth-order valence-electron chi connectivity index (χ4n) is 6.05. The molecule has 10 nitrogen and oxygen atoms in total. The first kappa shape index (κ1) is 26.6. The Bertz CT molecular complexity index is 1540. The number of primary amides is 1. The fraction of sp³-hybridized carbons (Fsp3) is 0.250. The van der Waals surface area contributed by atoms with Gasteiger partial charge in [0, 0.05) is 10.9 Å². The highest BCUT2D eigenvalue weighted by molar-refractivity contribution is 6.30. The van der Waals surface area contributed by atoms with Crippen LogP contribution in [0.5, 0.6) is 5.75 Å². The van der Waals surface area contributed by atoms with Crippen molar-refractivity contribution in [2.24, 2.45) is 17.6 Å². The summed E-state index contributed by atoms with van der Waals surface area (Å²) in [5.41, 5.74) is 1.96. The number of carbonyl (C=O) groups excluding carboxylic acids is 3. The SMILES string of the molecule is CN(C)[C@@H]1C(=O)C(C(N)=O)=C(O)[C@]2(O)C(=O)C3=C(O)c4c(O)cccc4/C(=C\c4ccc(Cl)cc4)[C@@H]3[C@@H](O)[C@H]12. The van der Waals surface area contributed by atoms with Crippen LogP contribution in [-0.2, 0) is 14.4 Å². The highest BCUT2D eigenvalue weighted by Crippen LogP contribution is 2.56. The van der Waals surface area contributed by atoms with Crippen molar-refractivity contribution in [3.8, 4) is 5.75 Å². The van der Waals surface area contributed by atoms with Crippen LogP contribution in [0.1, 0.15) is 16.7 Å². The number of likely N-dealkylation sites (N-methyl/N-ethyl adjacent to an activating group) is 1. The molecule has 0 aromatic heterocycles.